The van der Waals surface area contributed by atoms with Crippen molar-refractivity contribution in [3.63, 3.8) is 0 Å². The van der Waals surface area contributed by atoms with Crippen LogP contribution in [0.3, 0.4) is 0 Å². The Bertz CT molecular complexity index is 533. The van der Waals surface area contributed by atoms with Crippen LogP contribution in [0, 0.1) is 0 Å². The minimum Gasteiger partial charge on any atom is -0.395 e. The molecule has 0 saturated carbocycles. The molecule has 2 unspecified atom stereocenters. The van der Waals surface area contributed by atoms with Crippen molar-refractivity contribution in [3.8, 4) is 0 Å². The van der Waals surface area contributed by atoms with Crippen LogP contribution in [0.1, 0.15) is 37.7 Å². The monoisotopic (exact) mass is 312 g/mol. The highest BCUT2D eigenvalue weighted by molar-refractivity contribution is 7.87. The molecule has 0 radical (unpaired) electrons. The van der Waals surface area contributed by atoms with Crippen LogP contribution in [0.25, 0.3) is 0 Å². The van der Waals surface area contributed by atoms with Gasteiger partial charge in [0.2, 0.25) is 0 Å². The third-order valence-corrected chi connectivity index (χ3v) is 5.66. The molecule has 1 fully saturated rings. The Morgan fingerprint density at radius 3 is 2.71 bits per heavy atom. The van der Waals surface area contributed by atoms with Gasteiger partial charge in [0.15, 0.2) is 0 Å². The molecule has 1 saturated heterocycles. The molecule has 1 aromatic rings. The van der Waals surface area contributed by atoms with Crippen molar-refractivity contribution >= 4 is 10.2 Å². The minimum atomic E-state index is -3.52. The Labute approximate surface area is 127 Å². The molecule has 1 heterocycles. The van der Waals surface area contributed by atoms with E-state index >= 15 is 0 Å². The molecular formula is C15H24N2O3S. The van der Waals surface area contributed by atoms with Crippen molar-refractivity contribution in [2.24, 2.45) is 0 Å². The van der Waals surface area contributed by atoms with Gasteiger partial charge in [-0.05, 0) is 24.3 Å². The van der Waals surface area contributed by atoms with Gasteiger partial charge in [-0.15, -0.1) is 0 Å². The first-order chi connectivity index (χ1) is 10.0. The van der Waals surface area contributed by atoms with Gasteiger partial charge < -0.3 is 5.11 Å². The Hall–Kier alpha value is -0.950. The SMILES string of the molecule is CC(CNS(=O)(=O)N1CCCCC1CO)c1ccccc1. The smallest absolute Gasteiger partial charge is 0.279 e. The average Bonchev–Trinajstić information content (AvgIpc) is 2.53. The lowest BCUT2D eigenvalue weighted by Gasteiger charge is -2.33. The lowest BCUT2D eigenvalue weighted by atomic mass is 10.0. The van der Waals surface area contributed by atoms with Crippen molar-refractivity contribution in [1.82, 2.24) is 9.03 Å². The predicted octanol–water partition coefficient (Wildman–Crippen LogP) is 1.47. The van der Waals surface area contributed by atoms with Crippen LogP contribution in [-0.4, -0.2) is 43.6 Å². The van der Waals surface area contributed by atoms with Crippen LogP contribution in [0.4, 0.5) is 0 Å². The molecule has 1 aliphatic rings. The van der Waals surface area contributed by atoms with Crippen molar-refractivity contribution in [2.75, 3.05) is 19.7 Å². The fourth-order valence-electron chi connectivity index (χ4n) is 2.69. The number of benzene rings is 1. The number of nitrogens with one attached hydrogen (secondary N) is 1. The Kier molecular flexibility index (Phi) is 5.75. The van der Waals surface area contributed by atoms with E-state index in [0.29, 0.717) is 13.1 Å². The Balaban J connectivity index is 1.97. The molecule has 2 N–H and O–H groups in total. The third kappa shape index (κ3) is 4.26. The summed E-state index contributed by atoms with van der Waals surface area (Å²) < 4.78 is 28.9. The van der Waals surface area contributed by atoms with Gasteiger partial charge >= 0.3 is 0 Å². The van der Waals surface area contributed by atoms with Gasteiger partial charge in [0.25, 0.3) is 10.2 Å². The first kappa shape index (κ1) is 16.4. The largest absolute Gasteiger partial charge is 0.395 e. The number of aliphatic hydroxyl groups is 1. The van der Waals surface area contributed by atoms with E-state index in [4.69, 9.17) is 0 Å². The van der Waals surface area contributed by atoms with E-state index < -0.39 is 10.2 Å². The van der Waals surface area contributed by atoms with Gasteiger partial charge in [-0.25, -0.2) is 4.72 Å². The first-order valence-corrected chi connectivity index (χ1v) is 8.91. The molecule has 0 spiro atoms. The third-order valence-electron chi connectivity index (χ3n) is 4.03. The van der Waals surface area contributed by atoms with E-state index in [1.165, 1.54) is 4.31 Å². The topological polar surface area (TPSA) is 69.6 Å². The van der Waals surface area contributed by atoms with Gasteiger partial charge in [-0.2, -0.15) is 12.7 Å². The van der Waals surface area contributed by atoms with Gasteiger partial charge in [0.1, 0.15) is 0 Å². The summed E-state index contributed by atoms with van der Waals surface area (Å²) in [5, 5.41) is 9.35. The molecule has 2 atom stereocenters. The maximum Gasteiger partial charge on any atom is 0.279 e. The molecule has 0 amide bonds. The van der Waals surface area contributed by atoms with Crippen LogP contribution in [0.15, 0.2) is 30.3 Å². The van der Waals surface area contributed by atoms with E-state index in [1.807, 2.05) is 37.3 Å². The summed E-state index contributed by atoms with van der Waals surface area (Å²) in [7, 11) is -3.52. The van der Waals surface area contributed by atoms with E-state index in [-0.39, 0.29) is 18.6 Å². The number of piperidine rings is 1. The number of aliphatic hydroxyl groups excluding tert-OH is 1. The first-order valence-electron chi connectivity index (χ1n) is 7.47. The van der Waals surface area contributed by atoms with E-state index in [2.05, 4.69) is 4.72 Å². The highest BCUT2D eigenvalue weighted by Gasteiger charge is 2.31. The molecular weight excluding hydrogens is 288 g/mol. The van der Waals surface area contributed by atoms with Crippen LogP contribution in [-0.2, 0) is 10.2 Å². The lowest BCUT2D eigenvalue weighted by Crippen LogP contribution is -2.50. The summed E-state index contributed by atoms with van der Waals surface area (Å²) in [4.78, 5) is 0. The van der Waals surface area contributed by atoms with Crippen molar-refractivity contribution in [2.45, 2.75) is 38.1 Å². The molecule has 0 aromatic heterocycles. The second-order valence-corrected chi connectivity index (χ2v) is 7.32. The molecule has 0 aliphatic carbocycles. The number of hydrogen-bond acceptors (Lipinski definition) is 3. The lowest BCUT2D eigenvalue weighted by molar-refractivity contribution is 0.154. The summed E-state index contributed by atoms with van der Waals surface area (Å²) in [6, 6.07) is 9.55. The van der Waals surface area contributed by atoms with Gasteiger partial charge in [0, 0.05) is 19.1 Å². The van der Waals surface area contributed by atoms with Crippen LogP contribution >= 0.6 is 0 Å². The molecule has 1 aromatic carbocycles. The van der Waals surface area contributed by atoms with E-state index in [0.717, 1.165) is 24.8 Å². The normalized spacial score (nSPS) is 22.1. The zero-order valence-electron chi connectivity index (χ0n) is 12.4. The molecule has 2 rings (SSSR count). The van der Waals surface area contributed by atoms with Gasteiger partial charge in [-0.3, -0.25) is 0 Å². The quantitative estimate of drug-likeness (QED) is 0.836. The number of hydrogen-bond donors (Lipinski definition) is 2. The fraction of sp³-hybridized carbons (Fsp3) is 0.600. The van der Waals surface area contributed by atoms with Crippen LogP contribution < -0.4 is 4.72 Å². The molecule has 21 heavy (non-hydrogen) atoms. The highest BCUT2D eigenvalue weighted by atomic mass is 32.2. The molecule has 0 bridgehead atoms. The summed E-state index contributed by atoms with van der Waals surface area (Å²) in [5.74, 6) is 0.110. The second kappa shape index (κ2) is 7.35. The fourth-order valence-corrected chi connectivity index (χ4v) is 4.25. The predicted molar refractivity (Wildman–Crippen MR) is 83.2 cm³/mol. The second-order valence-electron chi connectivity index (χ2n) is 5.61. The van der Waals surface area contributed by atoms with E-state index in [1.54, 1.807) is 0 Å². The standard InChI is InChI=1S/C15H24N2O3S/c1-13(14-7-3-2-4-8-14)11-16-21(19,20)17-10-6-5-9-15(17)12-18/h2-4,7-8,13,15-16,18H,5-6,9-12H2,1H3. The molecule has 1 aliphatic heterocycles. The molecule has 6 heteroatoms. The van der Waals surface area contributed by atoms with Crippen LogP contribution in [0.2, 0.25) is 0 Å². The maximum atomic E-state index is 12.4. The van der Waals surface area contributed by atoms with Gasteiger partial charge in [0.05, 0.1) is 6.61 Å². The van der Waals surface area contributed by atoms with Crippen molar-refractivity contribution < 1.29 is 13.5 Å². The molecule has 118 valence electrons. The summed E-state index contributed by atoms with van der Waals surface area (Å²) in [6.45, 7) is 2.73. The zero-order valence-corrected chi connectivity index (χ0v) is 13.2. The van der Waals surface area contributed by atoms with Crippen molar-refractivity contribution in [1.29, 1.82) is 0 Å². The van der Waals surface area contributed by atoms with Gasteiger partial charge in [-0.1, -0.05) is 43.7 Å². The zero-order chi connectivity index (χ0) is 15.3. The number of rotatable bonds is 6. The summed E-state index contributed by atoms with van der Waals surface area (Å²) in [6.07, 6.45) is 2.55. The van der Waals surface area contributed by atoms with Crippen LogP contribution in [0.5, 0.6) is 0 Å². The Morgan fingerprint density at radius 1 is 1.33 bits per heavy atom. The summed E-state index contributed by atoms with van der Waals surface area (Å²) >= 11 is 0. The molecule has 5 nitrogen and oxygen atoms in total. The maximum absolute atomic E-state index is 12.4. The highest BCUT2D eigenvalue weighted by Crippen LogP contribution is 2.20. The van der Waals surface area contributed by atoms with Crippen molar-refractivity contribution in [3.05, 3.63) is 35.9 Å². The Morgan fingerprint density at radius 2 is 2.05 bits per heavy atom. The number of nitrogens with zero attached hydrogens (tertiary/aromatic N) is 1. The average molecular weight is 312 g/mol. The van der Waals surface area contributed by atoms with E-state index in [9.17, 15) is 13.5 Å². The summed E-state index contributed by atoms with van der Waals surface area (Å²) in [5.41, 5.74) is 1.11. The minimum absolute atomic E-state index is 0.110.